The molecular weight excluding hydrogens is 190 g/mol. The molecule has 0 saturated heterocycles. The second-order valence-electron chi connectivity index (χ2n) is 2.36. The van der Waals surface area contributed by atoms with E-state index in [1.54, 1.807) is 0 Å². The van der Waals surface area contributed by atoms with Crippen LogP contribution in [0.15, 0.2) is 12.4 Å². The number of thiophene rings is 1. The molecule has 0 saturated carbocycles. The SMILES string of the molecule is Nc1c(C(=O)O)sc2nccnc12. The summed E-state index contributed by atoms with van der Waals surface area (Å²) in [4.78, 5) is 19.2. The standard InChI is InChI=1S/C7H5N3O2S/c8-3-4-6(10-2-1-9-4)13-5(3)7(11)12/h1-2H,8H2,(H,11,12). The first-order valence-corrected chi connectivity index (χ1v) is 4.24. The summed E-state index contributed by atoms with van der Waals surface area (Å²) in [5, 5.41) is 8.74. The van der Waals surface area contributed by atoms with E-state index in [4.69, 9.17) is 10.8 Å². The number of rotatable bonds is 1. The molecule has 2 aromatic heterocycles. The molecule has 0 radical (unpaired) electrons. The van der Waals surface area contributed by atoms with Crippen LogP contribution in [0.25, 0.3) is 10.3 Å². The van der Waals surface area contributed by atoms with Crippen molar-refractivity contribution in [1.82, 2.24) is 9.97 Å². The summed E-state index contributed by atoms with van der Waals surface area (Å²) in [6.07, 6.45) is 2.99. The Kier molecular flexibility index (Phi) is 1.63. The van der Waals surface area contributed by atoms with Crippen LogP contribution in [0.3, 0.4) is 0 Å². The van der Waals surface area contributed by atoms with Crippen molar-refractivity contribution in [3.8, 4) is 0 Å². The van der Waals surface area contributed by atoms with Crippen LogP contribution in [-0.2, 0) is 0 Å². The topological polar surface area (TPSA) is 89.1 Å². The van der Waals surface area contributed by atoms with Crippen LogP contribution < -0.4 is 5.73 Å². The van der Waals surface area contributed by atoms with E-state index in [1.807, 2.05) is 0 Å². The maximum absolute atomic E-state index is 10.7. The Hall–Kier alpha value is -1.69. The van der Waals surface area contributed by atoms with Crippen molar-refractivity contribution < 1.29 is 9.90 Å². The Morgan fingerprint density at radius 1 is 1.46 bits per heavy atom. The first-order valence-electron chi connectivity index (χ1n) is 3.42. The highest BCUT2D eigenvalue weighted by Gasteiger charge is 2.16. The molecule has 6 heteroatoms. The Morgan fingerprint density at radius 2 is 2.15 bits per heavy atom. The third-order valence-corrected chi connectivity index (χ3v) is 2.65. The van der Waals surface area contributed by atoms with Gasteiger partial charge in [0.1, 0.15) is 15.2 Å². The molecule has 0 aliphatic heterocycles. The van der Waals surface area contributed by atoms with Crippen LogP contribution in [0.4, 0.5) is 5.69 Å². The molecule has 13 heavy (non-hydrogen) atoms. The van der Waals surface area contributed by atoms with Gasteiger partial charge in [-0.2, -0.15) is 0 Å². The van der Waals surface area contributed by atoms with Crippen molar-refractivity contribution in [2.45, 2.75) is 0 Å². The number of carboxylic acids is 1. The summed E-state index contributed by atoms with van der Waals surface area (Å²) in [5.41, 5.74) is 6.22. The zero-order valence-electron chi connectivity index (χ0n) is 6.39. The van der Waals surface area contributed by atoms with Crippen LogP contribution in [0.1, 0.15) is 9.67 Å². The molecular formula is C7H5N3O2S. The summed E-state index contributed by atoms with van der Waals surface area (Å²) < 4.78 is 0. The second kappa shape index (κ2) is 2.67. The van der Waals surface area contributed by atoms with Gasteiger partial charge >= 0.3 is 5.97 Å². The molecule has 0 aliphatic rings. The smallest absolute Gasteiger partial charge is 0.348 e. The second-order valence-corrected chi connectivity index (χ2v) is 3.36. The van der Waals surface area contributed by atoms with Crippen molar-refractivity contribution in [3.63, 3.8) is 0 Å². The van der Waals surface area contributed by atoms with E-state index in [2.05, 4.69) is 9.97 Å². The van der Waals surface area contributed by atoms with Crippen molar-refractivity contribution in [2.24, 2.45) is 0 Å². The minimum atomic E-state index is -1.04. The van der Waals surface area contributed by atoms with Gasteiger partial charge in [0.15, 0.2) is 0 Å². The molecule has 66 valence electrons. The Morgan fingerprint density at radius 3 is 2.77 bits per heavy atom. The molecule has 0 aromatic carbocycles. The minimum absolute atomic E-state index is 0.0983. The number of hydrogen-bond acceptors (Lipinski definition) is 5. The van der Waals surface area contributed by atoms with Crippen molar-refractivity contribution in [3.05, 3.63) is 17.3 Å². The van der Waals surface area contributed by atoms with Crippen LogP contribution >= 0.6 is 11.3 Å². The van der Waals surface area contributed by atoms with Gasteiger partial charge in [0, 0.05) is 12.4 Å². The molecule has 3 N–H and O–H groups in total. The van der Waals surface area contributed by atoms with Gasteiger partial charge in [0.25, 0.3) is 0 Å². The lowest BCUT2D eigenvalue weighted by atomic mass is 10.3. The summed E-state index contributed by atoms with van der Waals surface area (Å²) in [5.74, 6) is -1.04. The van der Waals surface area contributed by atoms with Gasteiger partial charge in [-0.15, -0.1) is 11.3 Å². The van der Waals surface area contributed by atoms with Crippen LogP contribution in [0.5, 0.6) is 0 Å². The van der Waals surface area contributed by atoms with E-state index in [9.17, 15) is 4.79 Å². The van der Waals surface area contributed by atoms with Crippen molar-refractivity contribution in [1.29, 1.82) is 0 Å². The largest absolute Gasteiger partial charge is 0.477 e. The number of nitrogens with zero attached hydrogens (tertiary/aromatic N) is 2. The number of nitrogens with two attached hydrogens (primary N) is 1. The Labute approximate surface area is 76.9 Å². The van der Waals surface area contributed by atoms with Gasteiger partial charge in [-0.25, -0.2) is 14.8 Å². The number of anilines is 1. The molecule has 0 aliphatic carbocycles. The molecule has 2 rings (SSSR count). The lowest BCUT2D eigenvalue weighted by Crippen LogP contribution is -1.97. The lowest BCUT2D eigenvalue weighted by Gasteiger charge is -1.89. The number of hydrogen-bond donors (Lipinski definition) is 2. The maximum atomic E-state index is 10.7. The third kappa shape index (κ3) is 1.11. The highest BCUT2D eigenvalue weighted by Crippen LogP contribution is 2.29. The first-order chi connectivity index (χ1) is 6.20. The molecule has 2 aromatic rings. The van der Waals surface area contributed by atoms with Crippen LogP contribution in [0.2, 0.25) is 0 Å². The predicted molar refractivity (Wildman–Crippen MR) is 48.8 cm³/mol. The van der Waals surface area contributed by atoms with E-state index in [0.29, 0.717) is 10.3 Å². The van der Waals surface area contributed by atoms with E-state index in [1.165, 1.54) is 12.4 Å². The Balaban J connectivity index is 2.81. The first kappa shape index (κ1) is 7.93. The molecule has 0 fully saturated rings. The van der Waals surface area contributed by atoms with Crippen LogP contribution in [0, 0.1) is 0 Å². The van der Waals surface area contributed by atoms with Crippen molar-refractivity contribution >= 4 is 33.3 Å². The monoisotopic (exact) mass is 195 g/mol. The normalized spacial score (nSPS) is 10.5. The summed E-state index contributed by atoms with van der Waals surface area (Å²) in [6, 6.07) is 0. The average Bonchev–Trinajstić information content (AvgIpc) is 2.45. The zero-order valence-corrected chi connectivity index (χ0v) is 7.21. The number of fused-ring (bicyclic) bond motifs is 1. The fourth-order valence-corrected chi connectivity index (χ4v) is 1.86. The van der Waals surface area contributed by atoms with E-state index < -0.39 is 5.97 Å². The van der Waals surface area contributed by atoms with Gasteiger partial charge < -0.3 is 10.8 Å². The molecule has 0 bridgehead atoms. The Bertz CT molecular complexity index is 480. The van der Waals surface area contributed by atoms with E-state index >= 15 is 0 Å². The summed E-state index contributed by atoms with van der Waals surface area (Å²) in [7, 11) is 0. The maximum Gasteiger partial charge on any atom is 0.348 e. The number of carbonyl (C=O) groups is 1. The lowest BCUT2D eigenvalue weighted by molar-refractivity contribution is 0.0703. The number of carboxylic acid groups (broad SMARTS) is 1. The van der Waals surface area contributed by atoms with Crippen molar-refractivity contribution in [2.75, 3.05) is 5.73 Å². The van der Waals surface area contributed by atoms with E-state index in [0.717, 1.165) is 11.3 Å². The molecule has 0 amide bonds. The molecule has 0 unspecified atom stereocenters. The van der Waals surface area contributed by atoms with Gasteiger partial charge in [-0.05, 0) is 0 Å². The number of aromatic carboxylic acids is 1. The highest BCUT2D eigenvalue weighted by molar-refractivity contribution is 7.21. The summed E-state index contributed by atoms with van der Waals surface area (Å²) >= 11 is 1.03. The molecule has 0 spiro atoms. The average molecular weight is 195 g/mol. The minimum Gasteiger partial charge on any atom is -0.477 e. The summed E-state index contributed by atoms with van der Waals surface area (Å²) in [6.45, 7) is 0. The van der Waals surface area contributed by atoms with Gasteiger partial charge in [0.2, 0.25) is 0 Å². The number of nitrogen functional groups attached to an aromatic ring is 1. The van der Waals surface area contributed by atoms with Gasteiger partial charge in [-0.1, -0.05) is 0 Å². The quantitative estimate of drug-likeness (QED) is 0.707. The third-order valence-electron chi connectivity index (χ3n) is 1.56. The molecule has 5 nitrogen and oxygen atoms in total. The van der Waals surface area contributed by atoms with Crippen LogP contribution in [-0.4, -0.2) is 21.0 Å². The van der Waals surface area contributed by atoms with E-state index in [-0.39, 0.29) is 10.6 Å². The fraction of sp³-hybridized carbons (Fsp3) is 0. The number of aromatic nitrogens is 2. The zero-order chi connectivity index (χ0) is 9.42. The fourth-order valence-electron chi connectivity index (χ4n) is 1.00. The van der Waals surface area contributed by atoms with Gasteiger partial charge in [-0.3, -0.25) is 0 Å². The van der Waals surface area contributed by atoms with Gasteiger partial charge in [0.05, 0.1) is 5.69 Å². The molecule has 2 heterocycles. The highest BCUT2D eigenvalue weighted by atomic mass is 32.1. The molecule has 0 atom stereocenters. The predicted octanol–water partition coefficient (Wildman–Crippen LogP) is 0.972.